The first-order chi connectivity index (χ1) is 8.66. The number of carboxylic acids is 1. The second-order valence-electron chi connectivity index (χ2n) is 4.56. The van der Waals surface area contributed by atoms with Gasteiger partial charge in [0.15, 0.2) is 0 Å². The number of hydrogen-bond donors (Lipinski definition) is 1. The third-order valence-electron chi connectivity index (χ3n) is 3.14. The maximum absolute atomic E-state index is 10.8. The summed E-state index contributed by atoms with van der Waals surface area (Å²) in [7, 11) is 0. The van der Waals surface area contributed by atoms with Crippen LogP contribution in [0.15, 0.2) is 10.5 Å². The zero-order valence-corrected chi connectivity index (χ0v) is 10.5. The molecule has 0 saturated carbocycles. The van der Waals surface area contributed by atoms with E-state index >= 15 is 0 Å². The predicted octanol–water partition coefficient (Wildman–Crippen LogP) is 2.23. The summed E-state index contributed by atoms with van der Waals surface area (Å²) in [6, 6.07) is 1.53. The molecule has 0 amide bonds. The number of aryl methyl sites for hydroxylation is 1. The van der Waals surface area contributed by atoms with Gasteiger partial charge in [-0.1, -0.05) is 0 Å². The van der Waals surface area contributed by atoms with Gasteiger partial charge in [0.1, 0.15) is 23.7 Å². The van der Waals surface area contributed by atoms with E-state index in [4.69, 9.17) is 19.0 Å². The van der Waals surface area contributed by atoms with Gasteiger partial charge in [-0.25, -0.2) is 4.79 Å². The number of carbonyl (C=O) groups is 1. The van der Waals surface area contributed by atoms with E-state index in [1.165, 1.54) is 6.07 Å². The lowest BCUT2D eigenvalue weighted by molar-refractivity contribution is 0.0118. The van der Waals surface area contributed by atoms with Crippen molar-refractivity contribution >= 4 is 5.97 Å². The van der Waals surface area contributed by atoms with E-state index < -0.39 is 5.97 Å². The molecule has 1 aliphatic rings. The van der Waals surface area contributed by atoms with Crippen molar-refractivity contribution in [3.63, 3.8) is 0 Å². The van der Waals surface area contributed by atoms with Gasteiger partial charge in [0.2, 0.25) is 0 Å². The molecule has 1 aromatic heterocycles. The van der Waals surface area contributed by atoms with E-state index in [0.29, 0.717) is 30.7 Å². The molecule has 0 radical (unpaired) electrons. The Balaban J connectivity index is 1.79. The SMILES string of the molecule is Cc1oc(COCC2CCOCC2)cc1C(=O)O. The van der Waals surface area contributed by atoms with Crippen LogP contribution >= 0.6 is 0 Å². The van der Waals surface area contributed by atoms with E-state index in [1.807, 2.05) is 0 Å². The molecular weight excluding hydrogens is 236 g/mol. The van der Waals surface area contributed by atoms with E-state index in [1.54, 1.807) is 6.92 Å². The van der Waals surface area contributed by atoms with Crippen molar-refractivity contribution in [2.75, 3.05) is 19.8 Å². The number of carboxylic acid groups (broad SMARTS) is 1. The smallest absolute Gasteiger partial charge is 0.339 e. The summed E-state index contributed by atoms with van der Waals surface area (Å²) < 4.78 is 16.2. The number of rotatable bonds is 5. The zero-order chi connectivity index (χ0) is 13.0. The topological polar surface area (TPSA) is 68.9 Å². The highest BCUT2D eigenvalue weighted by Crippen LogP contribution is 2.18. The number of ether oxygens (including phenoxy) is 2. The third-order valence-corrected chi connectivity index (χ3v) is 3.14. The molecule has 2 heterocycles. The molecule has 1 fully saturated rings. The number of aromatic carboxylic acids is 1. The van der Waals surface area contributed by atoms with Gasteiger partial charge in [-0.2, -0.15) is 0 Å². The summed E-state index contributed by atoms with van der Waals surface area (Å²) in [6.45, 7) is 4.25. The average molecular weight is 254 g/mol. The summed E-state index contributed by atoms with van der Waals surface area (Å²) in [4.78, 5) is 10.8. The Hall–Kier alpha value is -1.33. The van der Waals surface area contributed by atoms with Gasteiger partial charge in [-0.15, -0.1) is 0 Å². The largest absolute Gasteiger partial charge is 0.478 e. The van der Waals surface area contributed by atoms with Crippen LogP contribution in [0.2, 0.25) is 0 Å². The molecule has 0 aliphatic carbocycles. The minimum absolute atomic E-state index is 0.208. The molecule has 0 aromatic carbocycles. The minimum atomic E-state index is -0.966. The van der Waals surface area contributed by atoms with Crippen molar-refractivity contribution in [3.05, 3.63) is 23.2 Å². The summed E-state index contributed by atoms with van der Waals surface area (Å²) >= 11 is 0. The van der Waals surface area contributed by atoms with Crippen molar-refractivity contribution in [1.82, 2.24) is 0 Å². The second-order valence-corrected chi connectivity index (χ2v) is 4.56. The van der Waals surface area contributed by atoms with Crippen LogP contribution in [0.1, 0.15) is 34.7 Å². The Labute approximate surface area is 106 Å². The van der Waals surface area contributed by atoms with Gasteiger partial charge in [-0.05, 0) is 31.7 Å². The summed E-state index contributed by atoms with van der Waals surface area (Å²) in [6.07, 6.45) is 2.05. The fourth-order valence-corrected chi connectivity index (χ4v) is 2.07. The fourth-order valence-electron chi connectivity index (χ4n) is 2.07. The lowest BCUT2D eigenvalue weighted by atomic mass is 10.0. The van der Waals surface area contributed by atoms with Crippen LogP contribution < -0.4 is 0 Å². The first-order valence-electron chi connectivity index (χ1n) is 6.15. The molecule has 0 bridgehead atoms. The minimum Gasteiger partial charge on any atom is -0.478 e. The Kier molecular flexibility index (Phi) is 4.38. The zero-order valence-electron chi connectivity index (χ0n) is 10.5. The number of hydrogen-bond acceptors (Lipinski definition) is 4. The van der Waals surface area contributed by atoms with Crippen molar-refractivity contribution in [2.45, 2.75) is 26.4 Å². The predicted molar refractivity (Wildman–Crippen MR) is 63.6 cm³/mol. The quantitative estimate of drug-likeness (QED) is 0.872. The Morgan fingerprint density at radius 2 is 2.22 bits per heavy atom. The Morgan fingerprint density at radius 1 is 1.50 bits per heavy atom. The highest BCUT2D eigenvalue weighted by atomic mass is 16.5. The molecule has 5 heteroatoms. The molecule has 100 valence electrons. The monoisotopic (exact) mass is 254 g/mol. The molecule has 1 saturated heterocycles. The van der Waals surface area contributed by atoms with Crippen molar-refractivity contribution in [2.24, 2.45) is 5.92 Å². The molecule has 0 atom stereocenters. The molecule has 1 aliphatic heterocycles. The van der Waals surface area contributed by atoms with Crippen LogP contribution in [-0.2, 0) is 16.1 Å². The number of furan rings is 1. The highest BCUT2D eigenvalue weighted by Gasteiger charge is 2.16. The maximum atomic E-state index is 10.8. The maximum Gasteiger partial charge on any atom is 0.339 e. The van der Waals surface area contributed by atoms with Gasteiger partial charge in [0, 0.05) is 13.2 Å². The molecule has 5 nitrogen and oxygen atoms in total. The lowest BCUT2D eigenvalue weighted by Crippen LogP contribution is -2.20. The molecule has 0 spiro atoms. The molecule has 0 unspecified atom stereocenters. The van der Waals surface area contributed by atoms with E-state index in [0.717, 1.165) is 26.1 Å². The van der Waals surface area contributed by atoms with Crippen molar-refractivity contribution in [3.8, 4) is 0 Å². The fraction of sp³-hybridized carbons (Fsp3) is 0.615. The summed E-state index contributed by atoms with van der Waals surface area (Å²) in [5, 5.41) is 8.89. The standard InChI is InChI=1S/C13H18O5/c1-9-12(13(14)15)6-11(18-9)8-17-7-10-2-4-16-5-3-10/h6,10H,2-5,7-8H2,1H3,(H,14,15). The highest BCUT2D eigenvalue weighted by molar-refractivity contribution is 5.88. The first-order valence-corrected chi connectivity index (χ1v) is 6.15. The van der Waals surface area contributed by atoms with Gasteiger partial charge in [0.25, 0.3) is 0 Å². The summed E-state index contributed by atoms with van der Waals surface area (Å²) in [5.74, 6) is 0.560. The van der Waals surface area contributed by atoms with E-state index in [-0.39, 0.29) is 5.56 Å². The first kappa shape index (κ1) is 13.1. The van der Waals surface area contributed by atoms with Gasteiger partial charge >= 0.3 is 5.97 Å². The molecule has 2 rings (SSSR count). The Bertz CT molecular complexity index is 404. The van der Waals surface area contributed by atoms with Crippen LogP contribution in [0.5, 0.6) is 0 Å². The Morgan fingerprint density at radius 3 is 2.83 bits per heavy atom. The van der Waals surface area contributed by atoms with Crippen LogP contribution in [0.25, 0.3) is 0 Å². The average Bonchev–Trinajstić information content (AvgIpc) is 2.72. The molecule has 1 N–H and O–H groups in total. The third kappa shape index (κ3) is 3.34. The summed E-state index contributed by atoms with van der Waals surface area (Å²) in [5.41, 5.74) is 0.208. The van der Waals surface area contributed by atoms with Crippen LogP contribution in [0.4, 0.5) is 0 Å². The van der Waals surface area contributed by atoms with Crippen molar-refractivity contribution in [1.29, 1.82) is 0 Å². The molecule has 18 heavy (non-hydrogen) atoms. The van der Waals surface area contributed by atoms with Gasteiger partial charge in [-0.3, -0.25) is 0 Å². The molecular formula is C13H18O5. The van der Waals surface area contributed by atoms with Crippen LogP contribution in [0, 0.1) is 12.8 Å². The second kappa shape index (κ2) is 6.02. The normalized spacial score (nSPS) is 16.9. The van der Waals surface area contributed by atoms with Gasteiger partial charge in [0.05, 0.1) is 6.61 Å². The van der Waals surface area contributed by atoms with Crippen LogP contribution in [-0.4, -0.2) is 30.9 Å². The lowest BCUT2D eigenvalue weighted by Gasteiger charge is -2.21. The van der Waals surface area contributed by atoms with Crippen LogP contribution in [0.3, 0.4) is 0 Å². The van der Waals surface area contributed by atoms with Gasteiger partial charge < -0.3 is 19.0 Å². The van der Waals surface area contributed by atoms with E-state index in [9.17, 15) is 4.79 Å². The van der Waals surface area contributed by atoms with E-state index in [2.05, 4.69) is 0 Å². The molecule has 1 aromatic rings. The van der Waals surface area contributed by atoms with Crippen molar-refractivity contribution < 1.29 is 23.8 Å².